The molecule has 0 aliphatic heterocycles. The van der Waals surface area contributed by atoms with Crippen molar-refractivity contribution in [2.24, 2.45) is 29.6 Å². The number of rotatable bonds is 3. The number of hydrogen-bond acceptors (Lipinski definition) is 2. The summed E-state index contributed by atoms with van der Waals surface area (Å²) >= 11 is 0. The second-order valence-electron chi connectivity index (χ2n) is 4.97. The van der Waals surface area contributed by atoms with Gasteiger partial charge in [0.05, 0.1) is 12.1 Å². The van der Waals surface area contributed by atoms with Crippen molar-refractivity contribution in [3.05, 3.63) is 12.7 Å². The Balaban J connectivity index is 2.69. The lowest BCUT2D eigenvalue weighted by atomic mass is 9.67. The topological polar surface area (TPSA) is 47.6 Å². The highest BCUT2D eigenvalue weighted by Crippen LogP contribution is 2.41. The van der Waals surface area contributed by atoms with Crippen LogP contribution in [0.1, 0.15) is 33.1 Å². The van der Waals surface area contributed by atoms with E-state index in [1.54, 1.807) is 0 Å². The van der Waals surface area contributed by atoms with Gasteiger partial charge in [-0.15, -0.1) is 6.58 Å². The maximum absolute atomic E-state index is 8.98. The van der Waals surface area contributed by atoms with E-state index >= 15 is 0 Å². The second kappa shape index (κ2) is 5.71. The summed E-state index contributed by atoms with van der Waals surface area (Å²) in [4.78, 5) is 0. The Bertz CT molecular complexity index is 321. The van der Waals surface area contributed by atoms with Crippen LogP contribution in [0.15, 0.2) is 12.7 Å². The van der Waals surface area contributed by atoms with Gasteiger partial charge in [0.25, 0.3) is 0 Å². The van der Waals surface area contributed by atoms with Crippen LogP contribution in [0.25, 0.3) is 0 Å². The van der Waals surface area contributed by atoms with Crippen LogP contribution in [0.3, 0.4) is 0 Å². The third-order valence-electron chi connectivity index (χ3n) is 4.06. The maximum Gasteiger partial charge on any atom is 0.0656 e. The Morgan fingerprint density at radius 2 is 1.81 bits per heavy atom. The molecule has 1 fully saturated rings. The van der Waals surface area contributed by atoms with E-state index in [2.05, 4.69) is 18.7 Å². The Morgan fingerprint density at radius 1 is 1.19 bits per heavy atom. The van der Waals surface area contributed by atoms with Gasteiger partial charge in [0.2, 0.25) is 0 Å². The fraction of sp³-hybridized carbons (Fsp3) is 0.714. The molecule has 16 heavy (non-hydrogen) atoms. The highest BCUT2D eigenvalue weighted by atomic mass is 14.4. The van der Waals surface area contributed by atoms with Gasteiger partial charge in [0.1, 0.15) is 0 Å². The first-order valence-electron chi connectivity index (χ1n) is 6.05. The molecular weight excluding hydrogens is 196 g/mol. The summed E-state index contributed by atoms with van der Waals surface area (Å²) in [5, 5.41) is 17.9. The normalized spacial score (nSPS) is 33.1. The average molecular weight is 216 g/mol. The van der Waals surface area contributed by atoms with E-state index in [1.165, 1.54) is 0 Å². The molecule has 1 aliphatic carbocycles. The van der Waals surface area contributed by atoms with Crippen molar-refractivity contribution in [2.45, 2.75) is 33.1 Å². The lowest BCUT2D eigenvalue weighted by molar-refractivity contribution is 0.164. The molecule has 0 aromatic heterocycles. The van der Waals surface area contributed by atoms with Crippen LogP contribution in [-0.2, 0) is 0 Å². The molecule has 5 unspecified atom stereocenters. The van der Waals surface area contributed by atoms with Crippen LogP contribution in [0.5, 0.6) is 0 Å². The quantitative estimate of drug-likeness (QED) is 0.677. The molecule has 0 saturated heterocycles. The molecule has 0 radical (unpaired) electrons. The zero-order valence-corrected chi connectivity index (χ0v) is 10.2. The first-order chi connectivity index (χ1) is 7.63. The highest BCUT2D eigenvalue weighted by molar-refractivity contribution is 4.99. The van der Waals surface area contributed by atoms with Gasteiger partial charge < -0.3 is 0 Å². The molecule has 1 saturated carbocycles. The predicted molar refractivity (Wildman–Crippen MR) is 64.1 cm³/mol. The third-order valence-corrected chi connectivity index (χ3v) is 4.06. The van der Waals surface area contributed by atoms with Crippen molar-refractivity contribution in [1.82, 2.24) is 0 Å². The predicted octanol–water partition coefficient (Wildman–Crippen LogP) is 3.52. The lowest BCUT2D eigenvalue weighted by Gasteiger charge is -2.36. The Labute approximate surface area is 98.6 Å². The first-order valence-corrected chi connectivity index (χ1v) is 6.05. The van der Waals surface area contributed by atoms with Gasteiger partial charge in [-0.05, 0) is 50.9 Å². The van der Waals surface area contributed by atoms with E-state index in [0.717, 1.165) is 19.3 Å². The van der Waals surface area contributed by atoms with Crippen molar-refractivity contribution in [1.29, 1.82) is 10.5 Å². The summed E-state index contributed by atoms with van der Waals surface area (Å²) in [5.74, 6) is 1.55. The van der Waals surface area contributed by atoms with E-state index in [0.29, 0.717) is 17.8 Å². The minimum absolute atomic E-state index is 0.0985. The molecule has 5 atom stereocenters. The van der Waals surface area contributed by atoms with Crippen molar-refractivity contribution >= 4 is 0 Å². The van der Waals surface area contributed by atoms with Crippen LogP contribution >= 0.6 is 0 Å². The molecule has 1 rings (SSSR count). The Hall–Kier alpha value is -1.28. The van der Waals surface area contributed by atoms with E-state index in [9.17, 15) is 0 Å². The zero-order valence-electron chi connectivity index (χ0n) is 10.2. The first kappa shape index (κ1) is 12.8. The zero-order chi connectivity index (χ0) is 12.1. The van der Waals surface area contributed by atoms with E-state index in [4.69, 9.17) is 10.5 Å². The van der Waals surface area contributed by atoms with Gasteiger partial charge in [-0.3, -0.25) is 0 Å². The summed E-state index contributed by atoms with van der Waals surface area (Å²) in [6, 6.07) is 4.68. The highest BCUT2D eigenvalue weighted by Gasteiger charge is 2.34. The SMILES string of the molecule is C=CC1CC(C(C)C#N)CCC1C(C)C#N. The van der Waals surface area contributed by atoms with Crippen LogP contribution in [0.2, 0.25) is 0 Å². The Kier molecular flexibility index (Phi) is 4.56. The molecule has 0 spiro atoms. The molecule has 0 amide bonds. The summed E-state index contributed by atoms with van der Waals surface area (Å²) in [7, 11) is 0. The Morgan fingerprint density at radius 3 is 2.31 bits per heavy atom. The van der Waals surface area contributed by atoms with Gasteiger partial charge in [0, 0.05) is 11.8 Å². The second-order valence-corrected chi connectivity index (χ2v) is 4.97. The van der Waals surface area contributed by atoms with E-state index in [1.807, 2.05) is 19.9 Å². The molecule has 0 bridgehead atoms. The number of allylic oxidation sites excluding steroid dienone is 1. The van der Waals surface area contributed by atoms with Crippen LogP contribution in [0, 0.1) is 52.3 Å². The molecule has 2 heteroatoms. The van der Waals surface area contributed by atoms with E-state index in [-0.39, 0.29) is 11.8 Å². The lowest BCUT2D eigenvalue weighted by Crippen LogP contribution is -2.30. The molecule has 0 N–H and O–H groups in total. The molecular formula is C14H20N2. The maximum atomic E-state index is 8.98. The summed E-state index contributed by atoms with van der Waals surface area (Å²) in [6.07, 6.45) is 5.14. The molecule has 0 heterocycles. The molecule has 1 aliphatic rings. The third kappa shape index (κ3) is 2.64. The fourth-order valence-electron chi connectivity index (χ4n) is 2.81. The van der Waals surface area contributed by atoms with Gasteiger partial charge in [-0.1, -0.05) is 6.08 Å². The van der Waals surface area contributed by atoms with Gasteiger partial charge in [0.15, 0.2) is 0 Å². The van der Waals surface area contributed by atoms with E-state index < -0.39 is 0 Å². The van der Waals surface area contributed by atoms with Crippen molar-refractivity contribution in [2.75, 3.05) is 0 Å². The largest absolute Gasteiger partial charge is 0.198 e. The van der Waals surface area contributed by atoms with Gasteiger partial charge in [-0.2, -0.15) is 10.5 Å². The van der Waals surface area contributed by atoms with Crippen molar-refractivity contribution in [3.8, 4) is 12.1 Å². The minimum atomic E-state index is 0.0985. The van der Waals surface area contributed by atoms with Gasteiger partial charge >= 0.3 is 0 Å². The number of hydrogen-bond donors (Lipinski definition) is 0. The number of nitriles is 2. The molecule has 0 aromatic carbocycles. The standard InChI is InChI=1S/C14H20N2/c1-4-12-7-13(10(2)8-15)5-6-14(12)11(3)9-16/h4,10-14H,1,5-7H2,2-3H3. The summed E-state index contributed by atoms with van der Waals surface area (Å²) in [6.45, 7) is 7.87. The number of nitrogens with zero attached hydrogens (tertiary/aromatic N) is 2. The summed E-state index contributed by atoms with van der Waals surface area (Å²) in [5.41, 5.74) is 0. The van der Waals surface area contributed by atoms with Crippen LogP contribution in [-0.4, -0.2) is 0 Å². The minimum Gasteiger partial charge on any atom is -0.198 e. The average Bonchev–Trinajstić information content (AvgIpc) is 2.35. The molecule has 86 valence electrons. The van der Waals surface area contributed by atoms with Gasteiger partial charge in [-0.25, -0.2) is 0 Å². The smallest absolute Gasteiger partial charge is 0.0656 e. The molecule has 2 nitrogen and oxygen atoms in total. The van der Waals surface area contributed by atoms with Crippen LogP contribution < -0.4 is 0 Å². The van der Waals surface area contributed by atoms with Crippen molar-refractivity contribution in [3.63, 3.8) is 0 Å². The van der Waals surface area contributed by atoms with Crippen LogP contribution in [0.4, 0.5) is 0 Å². The monoisotopic (exact) mass is 216 g/mol. The molecule has 0 aromatic rings. The van der Waals surface area contributed by atoms with Crippen molar-refractivity contribution < 1.29 is 0 Å². The summed E-state index contributed by atoms with van der Waals surface area (Å²) < 4.78 is 0. The fourth-order valence-corrected chi connectivity index (χ4v) is 2.81.